The van der Waals surface area contributed by atoms with E-state index in [-0.39, 0.29) is 11.8 Å². The number of piperidine rings is 2. The smallest absolute Gasteiger partial charge is 0.282 e. The maximum atomic E-state index is 13.3. The van der Waals surface area contributed by atoms with Crippen molar-refractivity contribution in [3.8, 4) is 0 Å². The summed E-state index contributed by atoms with van der Waals surface area (Å²) in [6.45, 7) is 3.82. The lowest BCUT2D eigenvalue weighted by molar-refractivity contribution is -0.125. The summed E-state index contributed by atoms with van der Waals surface area (Å²) < 4.78 is 29.7. The maximum absolute atomic E-state index is 13.3. The van der Waals surface area contributed by atoms with E-state index in [9.17, 15) is 13.2 Å². The molecular weight excluding hydrogens is 364 g/mol. The zero-order valence-corrected chi connectivity index (χ0v) is 16.7. The highest BCUT2D eigenvalue weighted by Crippen LogP contribution is 2.42. The molecule has 0 aromatic carbocycles. The molecule has 3 aliphatic heterocycles. The Morgan fingerprint density at radius 2 is 1.93 bits per heavy atom. The number of carbonyl (C=O) groups excluding carboxylic acids is 1. The predicted molar refractivity (Wildman–Crippen MR) is 102 cm³/mol. The highest BCUT2D eigenvalue weighted by molar-refractivity contribution is 7.86. The molecule has 2 atom stereocenters. The van der Waals surface area contributed by atoms with Crippen LogP contribution in [0.15, 0.2) is 18.2 Å². The monoisotopic (exact) mass is 392 g/mol. The molecule has 1 aromatic heterocycles. The third-order valence-electron chi connectivity index (χ3n) is 6.16. The third kappa shape index (κ3) is 3.50. The van der Waals surface area contributed by atoms with Crippen molar-refractivity contribution < 1.29 is 13.2 Å². The number of pyridine rings is 1. The molecule has 1 spiro atoms. The second-order valence-corrected chi connectivity index (χ2v) is 10.0. The van der Waals surface area contributed by atoms with Gasteiger partial charge in [-0.05, 0) is 44.7 Å². The molecule has 0 unspecified atom stereocenters. The van der Waals surface area contributed by atoms with Crippen LogP contribution in [0, 0.1) is 6.92 Å². The van der Waals surface area contributed by atoms with Crippen LogP contribution < -0.4 is 5.32 Å². The fraction of sp³-hybridized carbons (Fsp3) is 0.684. The van der Waals surface area contributed by atoms with Gasteiger partial charge in [0, 0.05) is 49.9 Å². The molecule has 1 aromatic rings. The SMILES string of the molecule is Cc1cccc([C@@H]2CN(S(=O)(=O)N3CCCCC3)C[C@]23CCCC(=O)N3)n1. The Morgan fingerprint density at radius 3 is 2.63 bits per heavy atom. The van der Waals surface area contributed by atoms with Crippen molar-refractivity contribution >= 4 is 16.1 Å². The van der Waals surface area contributed by atoms with E-state index in [1.807, 2.05) is 25.1 Å². The predicted octanol–water partition coefficient (Wildman–Crippen LogP) is 1.56. The molecule has 8 heteroatoms. The van der Waals surface area contributed by atoms with E-state index in [0.717, 1.165) is 43.5 Å². The molecule has 27 heavy (non-hydrogen) atoms. The number of nitrogens with one attached hydrogen (secondary N) is 1. The number of aryl methyl sites for hydroxylation is 1. The molecule has 0 saturated carbocycles. The van der Waals surface area contributed by atoms with Gasteiger partial charge in [-0.3, -0.25) is 9.78 Å². The fourth-order valence-corrected chi connectivity index (χ4v) is 6.56. The zero-order chi connectivity index (χ0) is 19.1. The summed E-state index contributed by atoms with van der Waals surface area (Å²) in [5, 5.41) is 3.16. The molecule has 1 amide bonds. The molecule has 0 radical (unpaired) electrons. The molecule has 1 N–H and O–H groups in total. The average molecular weight is 393 g/mol. The highest BCUT2D eigenvalue weighted by Gasteiger charge is 2.53. The van der Waals surface area contributed by atoms with Gasteiger partial charge in [0.05, 0.1) is 5.54 Å². The van der Waals surface area contributed by atoms with Gasteiger partial charge in [-0.25, -0.2) is 0 Å². The third-order valence-corrected chi connectivity index (χ3v) is 8.11. The largest absolute Gasteiger partial charge is 0.349 e. The lowest BCUT2D eigenvalue weighted by atomic mass is 9.78. The van der Waals surface area contributed by atoms with Crippen LogP contribution in [0.1, 0.15) is 55.8 Å². The molecule has 4 rings (SSSR count). The van der Waals surface area contributed by atoms with Crippen molar-refractivity contribution in [2.75, 3.05) is 26.2 Å². The Bertz CT molecular complexity index is 822. The number of nitrogens with zero attached hydrogens (tertiary/aromatic N) is 3. The number of aromatic nitrogens is 1. The van der Waals surface area contributed by atoms with Crippen LogP contribution in [0.2, 0.25) is 0 Å². The summed E-state index contributed by atoms with van der Waals surface area (Å²) in [7, 11) is -3.52. The van der Waals surface area contributed by atoms with Gasteiger partial charge >= 0.3 is 0 Å². The van der Waals surface area contributed by atoms with Gasteiger partial charge in [-0.15, -0.1) is 0 Å². The van der Waals surface area contributed by atoms with Crippen LogP contribution in [-0.2, 0) is 15.0 Å². The molecule has 4 heterocycles. The standard InChI is InChI=1S/C19H28N4O3S/c1-15-7-5-8-17(20-15)16-13-23(14-19(16)10-6-9-18(24)21-19)27(25,26)22-11-3-2-4-12-22/h5,7-8,16H,2-4,6,9-14H2,1H3,(H,21,24)/t16-,19+/m0/s1. The lowest BCUT2D eigenvalue weighted by Gasteiger charge is -2.39. The summed E-state index contributed by atoms with van der Waals surface area (Å²) in [5.74, 6) is -0.114. The first-order valence-corrected chi connectivity index (χ1v) is 11.3. The average Bonchev–Trinajstić information content (AvgIpc) is 3.01. The topological polar surface area (TPSA) is 82.6 Å². The Balaban J connectivity index is 1.68. The first-order chi connectivity index (χ1) is 12.9. The van der Waals surface area contributed by atoms with Gasteiger partial charge in [0.15, 0.2) is 0 Å². The summed E-state index contributed by atoms with van der Waals surface area (Å²) in [5.41, 5.74) is 1.22. The van der Waals surface area contributed by atoms with E-state index in [1.165, 1.54) is 0 Å². The van der Waals surface area contributed by atoms with Crippen LogP contribution in [0.4, 0.5) is 0 Å². The van der Waals surface area contributed by atoms with Gasteiger partial charge in [0.1, 0.15) is 0 Å². The van der Waals surface area contributed by atoms with Crippen LogP contribution in [-0.4, -0.2) is 59.6 Å². The fourth-order valence-electron chi connectivity index (χ4n) is 4.78. The van der Waals surface area contributed by atoms with Crippen molar-refractivity contribution in [2.24, 2.45) is 0 Å². The first-order valence-electron chi connectivity index (χ1n) is 9.91. The minimum absolute atomic E-state index is 0.0103. The van der Waals surface area contributed by atoms with Gasteiger partial charge in [-0.1, -0.05) is 12.5 Å². The zero-order valence-electron chi connectivity index (χ0n) is 15.9. The van der Waals surface area contributed by atoms with Crippen molar-refractivity contribution in [3.63, 3.8) is 0 Å². The van der Waals surface area contributed by atoms with Crippen molar-refractivity contribution in [1.29, 1.82) is 0 Å². The molecular formula is C19H28N4O3S. The number of rotatable bonds is 3. The number of carbonyl (C=O) groups is 1. The van der Waals surface area contributed by atoms with Crippen LogP contribution in [0.5, 0.6) is 0 Å². The van der Waals surface area contributed by atoms with Crippen molar-refractivity contribution in [3.05, 3.63) is 29.6 Å². The van der Waals surface area contributed by atoms with Gasteiger partial charge < -0.3 is 5.32 Å². The quantitative estimate of drug-likeness (QED) is 0.846. The van der Waals surface area contributed by atoms with E-state index >= 15 is 0 Å². The van der Waals surface area contributed by atoms with E-state index in [0.29, 0.717) is 32.6 Å². The summed E-state index contributed by atoms with van der Waals surface area (Å²) in [4.78, 5) is 16.9. The highest BCUT2D eigenvalue weighted by atomic mass is 32.2. The van der Waals surface area contributed by atoms with Crippen LogP contribution >= 0.6 is 0 Å². The van der Waals surface area contributed by atoms with E-state index in [4.69, 9.17) is 0 Å². The molecule has 3 saturated heterocycles. The molecule has 148 valence electrons. The normalized spacial score (nSPS) is 30.6. The second kappa shape index (κ2) is 7.14. The number of hydrogen-bond acceptors (Lipinski definition) is 4. The minimum atomic E-state index is -3.52. The van der Waals surface area contributed by atoms with E-state index < -0.39 is 15.7 Å². The minimum Gasteiger partial charge on any atom is -0.349 e. The molecule has 0 bridgehead atoms. The molecule has 7 nitrogen and oxygen atoms in total. The lowest BCUT2D eigenvalue weighted by Crippen LogP contribution is -2.57. The summed E-state index contributed by atoms with van der Waals surface area (Å²) >= 11 is 0. The summed E-state index contributed by atoms with van der Waals surface area (Å²) in [6, 6.07) is 5.85. The second-order valence-electron chi connectivity index (χ2n) is 8.07. The first kappa shape index (κ1) is 18.8. The van der Waals surface area contributed by atoms with Crippen LogP contribution in [0.25, 0.3) is 0 Å². The molecule has 3 fully saturated rings. The summed E-state index contributed by atoms with van der Waals surface area (Å²) in [6.07, 6.45) is 4.99. The van der Waals surface area contributed by atoms with Gasteiger partial charge in [-0.2, -0.15) is 17.0 Å². The Hall–Kier alpha value is -1.51. The molecule has 0 aliphatic carbocycles. The number of amides is 1. The Morgan fingerprint density at radius 1 is 1.15 bits per heavy atom. The molecule has 3 aliphatic rings. The Labute approximate surface area is 161 Å². The van der Waals surface area contributed by atoms with Crippen LogP contribution in [0.3, 0.4) is 0 Å². The van der Waals surface area contributed by atoms with Crippen molar-refractivity contribution in [2.45, 2.75) is 56.9 Å². The Kier molecular flexibility index (Phi) is 4.98. The van der Waals surface area contributed by atoms with Crippen molar-refractivity contribution in [1.82, 2.24) is 18.9 Å². The maximum Gasteiger partial charge on any atom is 0.282 e. The van der Waals surface area contributed by atoms with E-state index in [2.05, 4.69) is 10.3 Å². The van der Waals surface area contributed by atoms with Gasteiger partial charge in [0.2, 0.25) is 5.91 Å². The number of hydrogen-bond donors (Lipinski definition) is 1. The van der Waals surface area contributed by atoms with Gasteiger partial charge in [0.25, 0.3) is 10.2 Å². The van der Waals surface area contributed by atoms with E-state index in [1.54, 1.807) is 8.61 Å².